The van der Waals surface area contributed by atoms with Crippen molar-refractivity contribution in [3.8, 4) is 5.75 Å². The van der Waals surface area contributed by atoms with Crippen LogP contribution in [0.5, 0.6) is 5.75 Å². The third-order valence-corrected chi connectivity index (χ3v) is 4.82. The van der Waals surface area contributed by atoms with Crippen molar-refractivity contribution in [2.45, 2.75) is 36.9 Å². The predicted octanol–water partition coefficient (Wildman–Crippen LogP) is 3.34. The SMILES string of the molecule is COc1ccc2nc(SCC(=O)O)n(C3CCCC3)c2c1. The third kappa shape index (κ3) is 2.85. The highest BCUT2D eigenvalue weighted by atomic mass is 32.2. The number of carboxylic acids is 1. The normalized spacial score (nSPS) is 15.7. The van der Waals surface area contributed by atoms with Crippen LogP contribution in [0.25, 0.3) is 11.0 Å². The summed E-state index contributed by atoms with van der Waals surface area (Å²) >= 11 is 1.29. The van der Waals surface area contributed by atoms with Crippen molar-refractivity contribution in [1.29, 1.82) is 0 Å². The Bertz CT molecular complexity index is 662. The van der Waals surface area contributed by atoms with Crippen molar-refractivity contribution in [3.63, 3.8) is 0 Å². The number of ether oxygens (including phenoxy) is 1. The average molecular weight is 306 g/mol. The minimum atomic E-state index is -0.817. The molecule has 1 heterocycles. The first kappa shape index (κ1) is 14.3. The van der Waals surface area contributed by atoms with E-state index in [1.807, 2.05) is 18.2 Å². The fourth-order valence-electron chi connectivity index (χ4n) is 2.92. The molecule has 1 aromatic heterocycles. The monoisotopic (exact) mass is 306 g/mol. The molecule has 1 saturated carbocycles. The molecule has 2 aromatic rings. The highest BCUT2D eigenvalue weighted by Gasteiger charge is 2.23. The Kier molecular flexibility index (Phi) is 4.05. The molecule has 0 amide bonds. The van der Waals surface area contributed by atoms with Crippen LogP contribution in [-0.2, 0) is 4.79 Å². The number of methoxy groups -OCH3 is 1. The largest absolute Gasteiger partial charge is 0.497 e. The second-order valence-electron chi connectivity index (χ2n) is 5.24. The summed E-state index contributed by atoms with van der Waals surface area (Å²) in [6, 6.07) is 6.23. The second kappa shape index (κ2) is 5.97. The molecule has 0 radical (unpaired) electrons. The van der Waals surface area contributed by atoms with Gasteiger partial charge < -0.3 is 14.4 Å². The van der Waals surface area contributed by atoms with E-state index in [0.29, 0.717) is 6.04 Å². The maximum atomic E-state index is 10.8. The van der Waals surface area contributed by atoms with Crippen molar-refractivity contribution in [1.82, 2.24) is 9.55 Å². The van der Waals surface area contributed by atoms with Gasteiger partial charge in [0.2, 0.25) is 0 Å². The molecule has 112 valence electrons. The Balaban J connectivity index is 2.06. The van der Waals surface area contributed by atoms with Crippen LogP contribution in [0.15, 0.2) is 23.4 Å². The van der Waals surface area contributed by atoms with Gasteiger partial charge in [0.25, 0.3) is 0 Å². The smallest absolute Gasteiger partial charge is 0.313 e. The van der Waals surface area contributed by atoms with E-state index in [1.165, 1.54) is 24.6 Å². The van der Waals surface area contributed by atoms with Gasteiger partial charge in [-0.3, -0.25) is 4.79 Å². The Morgan fingerprint density at radius 3 is 2.90 bits per heavy atom. The van der Waals surface area contributed by atoms with Crippen LogP contribution in [0.4, 0.5) is 0 Å². The Morgan fingerprint density at radius 2 is 2.24 bits per heavy atom. The lowest BCUT2D eigenvalue weighted by Crippen LogP contribution is -2.07. The summed E-state index contributed by atoms with van der Waals surface area (Å²) < 4.78 is 7.51. The Hall–Kier alpha value is -1.69. The zero-order valence-electron chi connectivity index (χ0n) is 11.9. The molecule has 1 aliphatic carbocycles. The van der Waals surface area contributed by atoms with Gasteiger partial charge in [0.05, 0.1) is 23.9 Å². The van der Waals surface area contributed by atoms with Crippen molar-refractivity contribution in [2.24, 2.45) is 0 Å². The molecule has 6 heteroatoms. The van der Waals surface area contributed by atoms with Gasteiger partial charge in [0.1, 0.15) is 5.75 Å². The topological polar surface area (TPSA) is 64.3 Å². The molecule has 0 spiro atoms. The Morgan fingerprint density at radius 1 is 1.48 bits per heavy atom. The van der Waals surface area contributed by atoms with E-state index in [4.69, 9.17) is 9.84 Å². The van der Waals surface area contributed by atoms with Gasteiger partial charge in [-0.15, -0.1) is 0 Å². The molecule has 0 bridgehead atoms. The van der Waals surface area contributed by atoms with Gasteiger partial charge in [-0.2, -0.15) is 0 Å². The maximum Gasteiger partial charge on any atom is 0.313 e. The first-order chi connectivity index (χ1) is 10.2. The van der Waals surface area contributed by atoms with Crippen LogP contribution in [0.2, 0.25) is 0 Å². The van der Waals surface area contributed by atoms with Gasteiger partial charge in [0, 0.05) is 12.1 Å². The number of carbonyl (C=O) groups is 1. The number of benzene rings is 1. The van der Waals surface area contributed by atoms with Crippen molar-refractivity contribution >= 4 is 28.8 Å². The van der Waals surface area contributed by atoms with Crippen LogP contribution >= 0.6 is 11.8 Å². The molecule has 1 aromatic carbocycles. The molecule has 0 saturated heterocycles. The van der Waals surface area contributed by atoms with Gasteiger partial charge in [0.15, 0.2) is 5.16 Å². The zero-order valence-corrected chi connectivity index (χ0v) is 12.7. The summed E-state index contributed by atoms with van der Waals surface area (Å²) in [6.45, 7) is 0. The number of hydrogen-bond acceptors (Lipinski definition) is 4. The maximum absolute atomic E-state index is 10.8. The van der Waals surface area contributed by atoms with Gasteiger partial charge in [-0.1, -0.05) is 24.6 Å². The molecule has 1 fully saturated rings. The number of imidazole rings is 1. The van der Waals surface area contributed by atoms with Crippen LogP contribution < -0.4 is 4.74 Å². The van der Waals surface area contributed by atoms with Gasteiger partial charge >= 0.3 is 5.97 Å². The molecule has 3 rings (SSSR count). The summed E-state index contributed by atoms with van der Waals surface area (Å²) in [7, 11) is 1.65. The minimum Gasteiger partial charge on any atom is -0.497 e. The highest BCUT2D eigenvalue weighted by Crippen LogP contribution is 2.37. The standard InChI is InChI=1S/C15H18N2O3S/c1-20-11-6-7-12-13(8-11)17(10-4-2-3-5-10)15(16-12)21-9-14(18)19/h6-8,10H,2-5,9H2,1H3,(H,18,19). The van der Waals surface area contributed by atoms with Crippen LogP contribution in [0, 0.1) is 0 Å². The number of nitrogens with zero attached hydrogens (tertiary/aromatic N) is 2. The van der Waals surface area contributed by atoms with Crippen LogP contribution in [0.3, 0.4) is 0 Å². The van der Waals surface area contributed by atoms with Crippen LogP contribution in [-0.4, -0.2) is 33.5 Å². The number of thioether (sulfide) groups is 1. The second-order valence-corrected chi connectivity index (χ2v) is 6.18. The number of rotatable bonds is 5. The number of hydrogen-bond donors (Lipinski definition) is 1. The number of aliphatic carboxylic acids is 1. The molecule has 0 unspecified atom stereocenters. The van der Waals surface area contributed by atoms with Crippen molar-refractivity contribution in [2.75, 3.05) is 12.9 Å². The fourth-order valence-corrected chi connectivity index (χ4v) is 3.72. The zero-order chi connectivity index (χ0) is 14.8. The van der Waals surface area contributed by atoms with Crippen molar-refractivity contribution in [3.05, 3.63) is 18.2 Å². The van der Waals surface area contributed by atoms with E-state index in [1.54, 1.807) is 7.11 Å². The molecular formula is C15H18N2O3S. The predicted molar refractivity (Wildman–Crippen MR) is 82.1 cm³/mol. The highest BCUT2D eigenvalue weighted by molar-refractivity contribution is 7.99. The lowest BCUT2D eigenvalue weighted by molar-refractivity contribution is -0.133. The minimum absolute atomic E-state index is 0.0349. The number of carboxylic acid groups (broad SMARTS) is 1. The molecule has 5 nitrogen and oxygen atoms in total. The van der Waals surface area contributed by atoms with E-state index < -0.39 is 5.97 Å². The lowest BCUT2D eigenvalue weighted by atomic mass is 10.2. The lowest BCUT2D eigenvalue weighted by Gasteiger charge is -2.15. The quantitative estimate of drug-likeness (QED) is 0.858. The molecule has 21 heavy (non-hydrogen) atoms. The number of fused-ring (bicyclic) bond motifs is 1. The summed E-state index contributed by atoms with van der Waals surface area (Å²) in [6.07, 6.45) is 4.70. The van der Waals surface area contributed by atoms with E-state index in [0.717, 1.165) is 34.8 Å². The van der Waals surface area contributed by atoms with Gasteiger partial charge in [-0.05, 0) is 25.0 Å². The first-order valence-corrected chi connectivity index (χ1v) is 8.08. The van der Waals surface area contributed by atoms with Crippen LogP contribution in [0.1, 0.15) is 31.7 Å². The van der Waals surface area contributed by atoms with E-state index >= 15 is 0 Å². The fraction of sp³-hybridized carbons (Fsp3) is 0.467. The van der Waals surface area contributed by atoms with E-state index in [-0.39, 0.29) is 5.75 Å². The average Bonchev–Trinajstić information content (AvgIpc) is 3.10. The third-order valence-electron chi connectivity index (χ3n) is 3.88. The molecule has 1 aliphatic rings. The molecule has 0 aliphatic heterocycles. The first-order valence-electron chi connectivity index (χ1n) is 7.09. The molecular weight excluding hydrogens is 288 g/mol. The number of aromatic nitrogens is 2. The molecule has 1 N–H and O–H groups in total. The van der Waals surface area contributed by atoms with Gasteiger partial charge in [-0.25, -0.2) is 4.98 Å². The van der Waals surface area contributed by atoms with Crippen molar-refractivity contribution < 1.29 is 14.6 Å². The molecule has 0 atom stereocenters. The summed E-state index contributed by atoms with van der Waals surface area (Å²) in [5.41, 5.74) is 1.93. The summed E-state index contributed by atoms with van der Waals surface area (Å²) in [5, 5.41) is 9.71. The van der Waals surface area contributed by atoms with E-state index in [2.05, 4.69) is 9.55 Å². The Labute approximate surface area is 127 Å². The van der Waals surface area contributed by atoms with E-state index in [9.17, 15) is 4.79 Å². The summed E-state index contributed by atoms with van der Waals surface area (Å²) in [4.78, 5) is 15.5. The summed E-state index contributed by atoms with van der Waals surface area (Å²) in [5.74, 6) is 0.0201.